The van der Waals surface area contributed by atoms with E-state index >= 15 is 0 Å². The smallest absolute Gasteiger partial charge is 0.221 e. The molecule has 0 aliphatic rings. The Balaban J connectivity index is 2.08. The number of halogens is 1. The molecule has 0 saturated heterocycles. The van der Waals surface area contributed by atoms with E-state index in [-0.39, 0.29) is 5.95 Å². The number of anilines is 2. The van der Waals surface area contributed by atoms with Gasteiger partial charge in [0.15, 0.2) is 0 Å². The Morgan fingerprint density at radius 2 is 2.25 bits per heavy atom. The molecular formula is C10H10BrN5. The minimum atomic E-state index is 0.247. The van der Waals surface area contributed by atoms with Gasteiger partial charge >= 0.3 is 0 Å². The molecule has 0 amide bonds. The van der Waals surface area contributed by atoms with Crippen LogP contribution in [0.1, 0.15) is 5.56 Å². The summed E-state index contributed by atoms with van der Waals surface area (Å²) in [5.41, 5.74) is 6.58. The van der Waals surface area contributed by atoms with Gasteiger partial charge in [0.05, 0.1) is 4.47 Å². The Bertz CT molecular complexity index is 474. The molecule has 82 valence electrons. The van der Waals surface area contributed by atoms with Gasteiger partial charge in [-0.05, 0) is 27.6 Å². The lowest BCUT2D eigenvalue weighted by Gasteiger charge is -2.07. The van der Waals surface area contributed by atoms with E-state index < -0.39 is 0 Å². The van der Waals surface area contributed by atoms with Crippen molar-refractivity contribution in [2.24, 2.45) is 0 Å². The summed E-state index contributed by atoms with van der Waals surface area (Å²) >= 11 is 3.35. The number of nitrogen functional groups attached to an aromatic ring is 1. The third-order valence-corrected chi connectivity index (χ3v) is 2.53. The summed E-state index contributed by atoms with van der Waals surface area (Å²) in [4.78, 5) is 12.0. The number of nitrogens with two attached hydrogens (primary N) is 1. The summed E-state index contributed by atoms with van der Waals surface area (Å²) in [6.07, 6.45) is 5.15. The maximum absolute atomic E-state index is 5.50. The lowest BCUT2D eigenvalue weighted by Crippen LogP contribution is -2.05. The first-order chi connectivity index (χ1) is 7.75. The number of rotatable bonds is 3. The molecule has 6 heteroatoms. The maximum atomic E-state index is 5.50. The summed E-state index contributed by atoms with van der Waals surface area (Å²) in [6, 6.07) is 3.87. The van der Waals surface area contributed by atoms with E-state index in [1.807, 2.05) is 12.1 Å². The first kappa shape index (κ1) is 10.8. The van der Waals surface area contributed by atoms with E-state index in [0.29, 0.717) is 12.4 Å². The van der Waals surface area contributed by atoms with Gasteiger partial charge in [-0.25, -0.2) is 4.98 Å². The molecular weight excluding hydrogens is 270 g/mol. The zero-order chi connectivity index (χ0) is 11.4. The van der Waals surface area contributed by atoms with E-state index in [1.165, 1.54) is 0 Å². The number of hydrogen-bond donors (Lipinski definition) is 2. The minimum Gasteiger partial charge on any atom is -0.368 e. The SMILES string of the molecule is Nc1ncc(Br)c(NCc2cccnc2)n1. The summed E-state index contributed by atoms with van der Waals surface area (Å²) in [6.45, 7) is 0.642. The highest BCUT2D eigenvalue weighted by atomic mass is 79.9. The number of pyridine rings is 1. The molecule has 0 spiro atoms. The fourth-order valence-electron chi connectivity index (χ4n) is 1.19. The summed E-state index contributed by atoms with van der Waals surface area (Å²) in [5, 5.41) is 3.15. The molecule has 0 unspecified atom stereocenters. The van der Waals surface area contributed by atoms with Crippen molar-refractivity contribution in [3.05, 3.63) is 40.8 Å². The molecule has 0 aromatic carbocycles. The van der Waals surface area contributed by atoms with E-state index in [9.17, 15) is 0 Å². The molecule has 0 aliphatic carbocycles. The lowest BCUT2D eigenvalue weighted by molar-refractivity contribution is 1.06. The zero-order valence-corrected chi connectivity index (χ0v) is 9.98. The van der Waals surface area contributed by atoms with E-state index in [2.05, 4.69) is 36.2 Å². The Morgan fingerprint density at radius 3 is 3.00 bits per heavy atom. The van der Waals surface area contributed by atoms with Gasteiger partial charge in [0.1, 0.15) is 5.82 Å². The van der Waals surface area contributed by atoms with Crippen LogP contribution in [0, 0.1) is 0 Å². The van der Waals surface area contributed by atoms with Crippen molar-refractivity contribution in [1.29, 1.82) is 0 Å². The van der Waals surface area contributed by atoms with Crippen LogP contribution in [0.4, 0.5) is 11.8 Å². The van der Waals surface area contributed by atoms with Crippen LogP contribution in [0.3, 0.4) is 0 Å². The average molecular weight is 280 g/mol. The maximum Gasteiger partial charge on any atom is 0.221 e. The molecule has 2 aromatic heterocycles. The highest BCUT2D eigenvalue weighted by Crippen LogP contribution is 2.19. The van der Waals surface area contributed by atoms with Gasteiger partial charge in [-0.15, -0.1) is 0 Å². The zero-order valence-electron chi connectivity index (χ0n) is 8.39. The Morgan fingerprint density at radius 1 is 1.38 bits per heavy atom. The highest BCUT2D eigenvalue weighted by molar-refractivity contribution is 9.10. The van der Waals surface area contributed by atoms with Gasteiger partial charge in [-0.3, -0.25) is 4.98 Å². The topological polar surface area (TPSA) is 76.7 Å². The number of hydrogen-bond acceptors (Lipinski definition) is 5. The van der Waals surface area contributed by atoms with Gasteiger partial charge in [0, 0.05) is 25.1 Å². The van der Waals surface area contributed by atoms with Crippen LogP contribution in [0.15, 0.2) is 35.2 Å². The lowest BCUT2D eigenvalue weighted by atomic mass is 10.3. The molecule has 16 heavy (non-hydrogen) atoms. The number of nitrogens with zero attached hydrogens (tertiary/aromatic N) is 3. The second-order valence-corrected chi connectivity index (χ2v) is 3.99. The van der Waals surface area contributed by atoms with E-state index in [1.54, 1.807) is 18.6 Å². The van der Waals surface area contributed by atoms with E-state index in [4.69, 9.17) is 5.73 Å². The van der Waals surface area contributed by atoms with Crippen molar-refractivity contribution < 1.29 is 0 Å². The Kier molecular flexibility index (Phi) is 3.31. The van der Waals surface area contributed by atoms with Crippen LogP contribution < -0.4 is 11.1 Å². The predicted molar refractivity (Wildman–Crippen MR) is 65.7 cm³/mol. The predicted octanol–water partition coefficient (Wildman–Crippen LogP) is 1.83. The Hall–Kier alpha value is -1.69. The number of aromatic nitrogens is 3. The van der Waals surface area contributed by atoms with Crippen LogP contribution in [0.5, 0.6) is 0 Å². The van der Waals surface area contributed by atoms with Gasteiger partial charge < -0.3 is 11.1 Å². The molecule has 0 fully saturated rings. The fraction of sp³-hybridized carbons (Fsp3) is 0.100. The molecule has 0 saturated carbocycles. The molecule has 0 aliphatic heterocycles. The highest BCUT2D eigenvalue weighted by Gasteiger charge is 2.02. The first-order valence-corrected chi connectivity index (χ1v) is 5.46. The van der Waals surface area contributed by atoms with Gasteiger partial charge in [0.2, 0.25) is 5.95 Å². The standard InChI is InChI=1S/C10H10BrN5/c11-8-6-15-10(12)16-9(8)14-5-7-2-1-3-13-4-7/h1-4,6H,5H2,(H3,12,14,15,16). The van der Waals surface area contributed by atoms with Crippen LogP contribution in [0.2, 0.25) is 0 Å². The van der Waals surface area contributed by atoms with Crippen molar-refractivity contribution in [3.63, 3.8) is 0 Å². The molecule has 2 aromatic rings. The van der Waals surface area contributed by atoms with Crippen molar-refractivity contribution >= 4 is 27.7 Å². The molecule has 0 radical (unpaired) electrons. The van der Waals surface area contributed by atoms with Crippen LogP contribution in [0.25, 0.3) is 0 Å². The molecule has 0 atom stereocenters. The average Bonchev–Trinajstić information content (AvgIpc) is 2.32. The second-order valence-electron chi connectivity index (χ2n) is 3.14. The largest absolute Gasteiger partial charge is 0.368 e. The summed E-state index contributed by atoms with van der Waals surface area (Å²) < 4.78 is 0.783. The van der Waals surface area contributed by atoms with Gasteiger partial charge in [-0.1, -0.05) is 6.07 Å². The van der Waals surface area contributed by atoms with E-state index in [0.717, 1.165) is 10.0 Å². The van der Waals surface area contributed by atoms with Crippen molar-refractivity contribution in [2.45, 2.75) is 6.54 Å². The third kappa shape index (κ3) is 2.66. The van der Waals surface area contributed by atoms with Crippen LogP contribution >= 0.6 is 15.9 Å². The summed E-state index contributed by atoms with van der Waals surface area (Å²) in [7, 11) is 0. The minimum absolute atomic E-state index is 0.247. The van der Waals surface area contributed by atoms with Gasteiger partial charge in [-0.2, -0.15) is 4.98 Å². The summed E-state index contributed by atoms with van der Waals surface area (Å²) in [5.74, 6) is 0.924. The van der Waals surface area contributed by atoms with Crippen molar-refractivity contribution in [3.8, 4) is 0 Å². The third-order valence-electron chi connectivity index (χ3n) is 1.95. The van der Waals surface area contributed by atoms with Crippen LogP contribution in [-0.2, 0) is 6.54 Å². The second kappa shape index (κ2) is 4.89. The Labute approximate surface area is 101 Å². The molecule has 2 heterocycles. The van der Waals surface area contributed by atoms with Crippen LogP contribution in [-0.4, -0.2) is 15.0 Å². The molecule has 2 rings (SSSR count). The monoisotopic (exact) mass is 279 g/mol. The molecule has 5 nitrogen and oxygen atoms in total. The van der Waals surface area contributed by atoms with Gasteiger partial charge in [0.25, 0.3) is 0 Å². The fourth-order valence-corrected chi connectivity index (χ4v) is 1.52. The molecule has 0 bridgehead atoms. The first-order valence-electron chi connectivity index (χ1n) is 4.66. The normalized spacial score (nSPS) is 10.1. The number of nitrogens with one attached hydrogen (secondary N) is 1. The van der Waals surface area contributed by atoms with Crippen molar-refractivity contribution in [2.75, 3.05) is 11.1 Å². The van der Waals surface area contributed by atoms with Crippen molar-refractivity contribution in [1.82, 2.24) is 15.0 Å². The quantitative estimate of drug-likeness (QED) is 0.897. The molecule has 3 N–H and O–H groups in total.